The van der Waals surface area contributed by atoms with Crippen LogP contribution in [0.15, 0.2) is 36.7 Å². The lowest BCUT2D eigenvalue weighted by Crippen LogP contribution is -1.98. The molecule has 3 heteroatoms. The summed E-state index contributed by atoms with van der Waals surface area (Å²) in [5.74, 6) is 0.903. The summed E-state index contributed by atoms with van der Waals surface area (Å²) < 4.78 is 7.55. The number of aromatic nitrogens is 2. The molecule has 0 aliphatic carbocycles. The van der Waals surface area contributed by atoms with Gasteiger partial charge in [-0.1, -0.05) is 25.8 Å². The molecule has 0 unspecified atom stereocenters. The Bertz CT molecular complexity index is 437. The summed E-state index contributed by atoms with van der Waals surface area (Å²) in [5, 5.41) is 0. The third-order valence-corrected chi connectivity index (χ3v) is 2.57. The van der Waals surface area contributed by atoms with Crippen molar-refractivity contribution in [2.24, 2.45) is 0 Å². The summed E-state index contributed by atoms with van der Waals surface area (Å²) >= 11 is 0. The minimum Gasteiger partial charge on any atom is -0.494 e. The van der Waals surface area contributed by atoms with Gasteiger partial charge in [0.2, 0.25) is 0 Å². The van der Waals surface area contributed by atoms with Gasteiger partial charge in [-0.2, -0.15) is 0 Å². The highest BCUT2D eigenvalue weighted by molar-refractivity contribution is 5.38. The van der Waals surface area contributed by atoms with Crippen LogP contribution in [0.3, 0.4) is 0 Å². The summed E-state index contributed by atoms with van der Waals surface area (Å²) in [4.78, 5) is 3.91. The van der Waals surface area contributed by atoms with Crippen LogP contribution in [0.2, 0.25) is 0 Å². The van der Waals surface area contributed by atoms with Crippen LogP contribution in [0.1, 0.15) is 26.2 Å². The molecule has 89 valence electrons. The first-order valence-electron chi connectivity index (χ1n) is 6.04. The quantitative estimate of drug-likeness (QED) is 0.711. The predicted octanol–water partition coefficient (Wildman–Crippen LogP) is 3.24. The molecule has 17 heavy (non-hydrogen) atoms. The van der Waals surface area contributed by atoms with Gasteiger partial charge in [-0.15, -0.1) is 0 Å². The Morgan fingerprint density at radius 2 is 2.29 bits per heavy atom. The second-order valence-corrected chi connectivity index (χ2v) is 3.95. The van der Waals surface area contributed by atoms with E-state index in [9.17, 15) is 0 Å². The summed E-state index contributed by atoms with van der Waals surface area (Å²) in [5.41, 5.74) is 1.02. The SMILES string of the molecule is CCCCCOc1cccc(-n2[c]ncc2)c1. The normalized spacial score (nSPS) is 10.4. The van der Waals surface area contributed by atoms with Crippen molar-refractivity contribution < 1.29 is 4.74 Å². The molecule has 0 saturated carbocycles. The molecule has 0 aliphatic heterocycles. The van der Waals surface area contributed by atoms with Crippen molar-refractivity contribution in [3.63, 3.8) is 0 Å². The molecule has 0 aliphatic rings. The van der Waals surface area contributed by atoms with Gasteiger partial charge < -0.3 is 4.74 Å². The van der Waals surface area contributed by atoms with Gasteiger partial charge in [-0.3, -0.25) is 4.57 Å². The van der Waals surface area contributed by atoms with Gasteiger partial charge in [-0.05, 0) is 18.6 Å². The first-order chi connectivity index (χ1) is 8.40. The van der Waals surface area contributed by atoms with Crippen molar-refractivity contribution in [2.75, 3.05) is 6.61 Å². The molecular weight excluding hydrogens is 212 g/mol. The van der Waals surface area contributed by atoms with Crippen LogP contribution >= 0.6 is 0 Å². The minimum absolute atomic E-state index is 0.783. The van der Waals surface area contributed by atoms with Gasteiger partial charge in [-0.25, -0.2) is 4.98 Å². The molecule has 0 saturated heterocycles. The van der Waals surface area contributed by atoms with Crippen LogP contribution in [-0.4, -0.2) is 16.2 Å². The molecular formula is C14H17N2O. The maximum Gasteiger partial charge on any atom is 0.181 e. The van der Waals surface area contributed by atoms with Crippen molar-refractivity contribution in [1.29, 1.82) is 0 Å². The number of unbranched alkanes of at least 4 members (excludes halogenated alkanes) is 2. The minimum atomic E-state index is 0.783. The van der Waals surface area contributed by atoms with E-state index < -0.39 is 0 Å². The van der Waals surface area contributed by atoms with E-state index in [1.807, 2.05) is 35.0 Å². The van der Waals surface area contributed by atoms with Gasteiger partial charge in [0.1, 0.15) is 5.75 Å². The van der Waals surface area contributed by atoms with E-state index in [1.54, 1.807) is 6.20 Å². The Hall–Kier alpha value is -1.77. The molecule has 0 bridgehead atoms. The van der Waals surface area contributed by atoms with Crippen LogP contribution in [0.5, 0.6) is 5.75 Å². The monoisotopic (exact) mass is 229 g/mol. The standard InChI is InChI=1S/C14H17N2O/c1-2-3-4-10-17-14-7-5-6-13(11-14)16-9-8-15-12-16/h5-9,11H,2-4,10H2,1H3. The number of ether oxygens (including phenoxy) is 1. The molecule has 2 rings (SSSR count). The Morgan fingerprint density at radius 3 is 3.06 bits per heavy atom. The molecule has 2 aromatic rings. The number of benzene rings is 1. The molecule has 0 fully saturated rings. The predicted molar refractivity (Wildman–Crippen MR) is 67.4 cm³/mol. The van der Waals surface area contributed by atoms with Crippen LogP contribution in [0, 0.1) is 6.33 Å². The van der Waals surface area contributed by atoms with Crippen LogP contribution in [0.4, 0.5) is 0 Å². The lowest BCUT2D eigenvalue weighted by Gasteiger charge is -2.07. The van der Waals surface area contributed by atoms with Crippen molar-refractivity contribution in [1.82, 2.24) is 9.55 Å². The summed E-state index contributed by atoms with van der Waals surface area (Å²) in [6, 6.07) is 7.98. The van der Waals surface area contributed by atoms with Gasteiger partial charge in [0.05, 0.1) is 12.3 Å². The summed E-state index contributed by atoms with van der Waals surface area (Å²) in [7, 11) is 0. The zero-order chi connectivity index (χ0) is 11.9. The average Bonchev–Trinajstić information content (AvgIpc) is 2.89. The Kier molecular flexibility index (Phi) is 4.19. The zero-order valence-corrected chi connectivity index (χ0v) is 10.1. The average molecular weight is 229 g/mol. The fraction of sp³-hybridized carbons (Fsp3) is 0.357. The van der Waals surface area contributed by atoms with Gasteiger partial charge >= 0.3 is 0 Å². The second kappa shape index (κ2) is 6.09. The maximum atomic E-state index is 5.70. The smallest absolute Gasteiger partial charge is 0.181 e. The van der Waals surface area contributed by atoms with E-state index in [4.69, 9.17) is 4.74 Å². The van der Waals surface area contributed by atoms with E-state index >= 15 is 0 Å². The number of imidazole rings is 1. The highest BCUT2D eigenvalue weighted by Crippen LogP contribution is 2.16. The first-order valence-corrected chi connectivity index (χ1v) is 6.04. The molecule has 1 aromatic carbocycles. The summed E-state index contributed by atoms with van der Waals surface area (Å²) in [6.45, 7) is 2.97. The fourth-order valence-electron chi connectivity index (χ4n) is 1.64. The van der Waals surface area contributed by atoms with E-state index in [0.717, 1.165) is 24.5 Å². The molecule has 0 N–H and O–H groups in total. The van der Waals surface area contributed by atoms with Crippen LogP contribution in [0.25, 0.3) is 5.69 Å². The largest absolute Gasteiger partial charge is 0.494 e. The highest BCUT2D eigenvalue weighted by atomic mass is 16.5. The Balaban J connectivity index is 1.97. The topological polar surface area (TPSA) is 27.1 Å². The maximum absolute atomic E-state index is 5.70. The fourth-order valence-corrected chi connectivity index (χ4v) is 1.64. The lowest BCUT2D eigenvalue weighted by molar-refractivity contribution is 0.306. The van der Waals surface area contributed by atoms with Crippen molar-refractivity contribution in [3.05, 3.63) is 43.0 Å². The van der Waals surface area contributed by atoms with Gasteiger partial charge in [0.25, 0.3) is 0 Å². The Morgan fingerprint density at radius 1 is 1.35 bits per heavy atom. The number of hydrogen-bond donors (Lipinski definition) is 0. The van der Waals surface area contributed by atoms with Crippen LogP contribution < -0.4 is 4.74 Å². The highest BCUT2D eigenvalue weighted by Gasteiger charge is 1.99. The lowest BCUT2D eigenvalue weighted by atomic mass is 10.2. The number of hydrogen-bond acceptors (Lipinski definition) is 2. The molecule has 1 radical (unpaired) electrons. The number of rotatable bonds is 6. The molecule has 1 heterocycles. The number of nitrogens with zero attached hydrogens (tertiary/aromatic N) is 2. The molecule has 0 spiro atoms. The van der Waals surface area contributed by atoms with Crippen molar-refractivity contribution in [2.45, 2.75) is 26.2 Å². The van der Waals surface area contributed by atoms with Crippen molar-refractivity contribution in [3.8, 4) is 11.4 Å². The molecule has 0 amide bonds. The second-order valence-electron chi connectivity index (χ2n) is 3.95. The van der Waals surface area contributed by atoms with E-state index in [-0.39, 0.29) is 0 Å². The van der Waals surface area contributed by atoms with Crippen LogP contribution in [-0.2, 0) is 0 Å². The molecule has 3 nitrogen and oxygen atoms in total. The van der Waals surface area contributed by atoms with Crippen molar-refractivity contribution >= 4 is 0 Å². The zero-order valence-electron chi connectivity index (χ0n) is 10.1. The van der Waals surface area contributed by atoms with E-state index in [0.29, 0.717) is 0 Å². The summed E-state index contributed by atoms with van der Waals surface area (Å²) in [6.07, 6.45) is 10.00. The molecule has 1 aromatic heterocycles. The third kappa shape index (κ3) is 3.34. The third-order valence-electron chi connectivity index (χ3n) is 2.57. The van der Waals surface area contributed by atoms with Gasteiger partial charge in [0.15, 0.2) is 6.33 Å². The Labute approximate surface area is 102 Å². The molecule has 0 atom stereocenters. The van der Waals surface area contributed by atoms with Gasteiger partial charge in [0, 0.05) is 18.5 Å². The first kappa shape index (κ1) is 11.7. The van der Waals surface area contributed by atoms with E-state index in [2.05, 4.69) is 18.2 Å². The van der Waals surface area contributed by atoms with E-state index in [1.165, 1.54) is 12.8 Å².